The predicted octanol–water partition coefficient (Wildman–Crippen LogP) is 0.659. The summed E-state index contributed by atoms with van der Waals surface area (Å²) in [6.07, 6.45) is 0.374. The van der Waals surface area contributed by atoms with Gasteiger partial charge in [0.15, 0.2) is 0 Å². The number of hydrogen-bond acceptors (Lipinski definition) is 3. The second-order valence-electron chi connectivity index (χ2n) is 2.30. The van der Waals surface area contributed by atoms with Gasteiger partial charge in [0.2, 0.25) is 6.41 Å². The van der Waals surface area contributed by atoms with Gasteiger partial charge in [0.1, 0.15) is 5.75 Å². The number of anilines is 1. The van der Waals surface area contributed by atoms with Crippen molar-refractivity contribution in [3.8, 4) is 5.75 Å². The number of aromatic carboxylic acids is 1. The second-order valence-corrected chi connectivity index (χ2v) is 2.30. The number of aromatic hydroxyl groups is 1. The van der Waals surface area contributed by atoms with Gasteiger partial charge in [0.25, 0.3) is 0 Å². The molecule has 0 saturated carbocycles. The highest BCUT2D eigenvalue weighted by molar-refractivity contribution is 5.96. The molecule has 0 saturated heterocycles. The van der Waals surface area contributed by atoms with Gasteiger partial charge in [-0.25, -0.2) is 4.79 Å². The molecule has 0 atom stereocenters. The highest BCUT2D eigenvalue weighted by atomic mass is 16.4. The fraction of sp³-hybridized carbons (Fsp3) is 0. The number of phenols is 1. The first-order chi connectivity index (χ1) is 6.15. The summed E-state index contributed by atoms with van der Waals surface area (Å²) in [4.78, 5) is 20.6. The normalized spacial score (nSPS) is 9.23. The van der Waals surface area contributed by atoms with E-state index in [1.165, 1.54) is 12.1 Å². The van der Waals surface area contributed by atoms with Crippen molar-refractivity contribution in [1.29, 1.82) is 0 Å². The molecular weight excluding hydrogens is 174 g/mol. The summed E-state index contributed by atoms with van der Waals surface area (Å²) in [7, 11) is 0. The first kappa shape index (κ1) is 9.05. The smallest absolute Gasteiger partial charge is 0.337 e. The molecule has 0 aliphatic carbocycles. The molecule has 0 heterocycles. The van der Waals surface area contributed by atoms with Crippen LogP contribution in [0.2, 0.25) is 0 Å². The average molecular weight is 181 g/mol. The monoisotopic (exact) mass is 181 g/mol. The van der Waals surface area contributed by atoms with Gasteiger partial charge in [0.05, 0.1) is 11.3 Å². The number of carboxylic acids is 1. The van der Waals surface area contributed by atoms with E-state index < -0.39 is 5.97 Å². The summed E-state index contributed by atoms with van der Waals surface area (Å²) in [6.45, 7) is 0. The molecule has 0 spiro atoms. The number of hydrogen-bond donors (Lipinski definition) is 3. The van der Waals surface area contributed by atoms with Gasteiger partial charge >= 0.3 is 5.97 Å². The molecule has 0 aliphatic heterocycles. The van der Waals surface area contributed by atoms with Crippen molar-refractivity contribution in [3.63, 3.8) is 0 Å². The standard InChI is InChI=1S/C8H7NO4/c10-4-9-7-2-1-5(11)3-6(7)8(12)13/h1-4,11H,(H,9,10)(H,12,13). The van der Waals surface area contributed by atoms with Gasteiger partial charge in [-0.05, 0) is 18.2 Å². The number of phenolic OH excluding ortho intramolecular Hbond substituents is 1. The minimum absolute atomic E-state index is 0.146. The van der Waals surface area contributed by atoms with Crippen molar-refractivity contribution in [1.82, 2.24) is 0 Å². The number of rotatable bonds is 3. The fourth-order valence-electron chi connectivity index (χ4n) is 0.899. The molecular formula is C8H7NO4. The van der Waals surface area contributed by atoms with Gasteiger partial charge in [-0.2, -0.15) is 0 Å². The van der Waals surface area contributed by atoms with Crippen LogP contribution in [-0.4, -0.2) is 22.6 Å². The van der Waals surface area contributed by atoms with Crippen molar-refractivity contribution in [2.45, 2.75) is 0 Å². The third-order valence-corrected chi connectivity index (χ3v) is 1.45. The molecule has 13 heavy (non-hydrogen) atoms. The maximum Gasteiger partial charge on any atom is 0.337 e. The Hall–Kier alpha value is -2.04. The third kappa shape index (κ3) is 1.96. The van der Waals surface area contributed by atoms with Gasteiger partial charge in [-0.1, -0.05) is 0 Å². The summed E-state index contributed by atoms with van der Waals surface area (Å²) in [6, 6.07) is 3.67. The van der Waals surface area contributed by atoms with Crippen molar-refractivity contribution in [2.75, 3.05) is 5.32 Å². The summed E-state index contributed by atoms with van der Waals surface area (Å²) < 4.78 is 0. The zero-order valence-electron chi connectivity index (χ0n) is 6.52. The van der Waals surface area contributed by atoms with Crippen molar-refractivity contribution < 1.29 is 19.8 Å². The molecule has 5 heteroatoms. The lowest BCUT2D eigenvalue weighted by atomic mass is 10.1. The van der Waals surface area contributed by atoms with E-state index in [1.807, 2.05) is 0 Å². The van der Waals surface area contributed by atoms with E-state index in [-0.39, 0.29) is 17.0 Å². The molecule has 0 fully saturated rings. The maximum atomic E-state index is 10.6. The topological polar surface area (TPSA) is 86.6 Å². The van der Waals surface area contributed by atoms with E-state index in [4.69, 9.17) is 10.2 Å². The van der Waals surface area contributed by atoms with Crippen LogP contribution in [-0.2, 0) is 4.79 Å². The molecule has 1 aromatic rings. The SMILES string of the molecule is O=CNc1ccc(O)cc1C(=O)O. The Morgan fingerprint density at radius 3 is 2.69 bits per heavy atom. The number of nitrogens with one attached hydrogen (secondary N) is 1. The number of amides is 1. The minimum Gasteiger partial charge on any atom is -0.508 e. The largest absolute Gasteiger partial charge is 0.508 e. The molecule has 3 N–H and O–H groups in total. The molecule has 0 aromatic heterocycles. The van der Waals surface area contributed by atoms with Crippen LogP contribution in [0.4, 0.5) is 5.69 Å². The molecule has 5 nitrogen and oxygen atoms in total. The summed E-state index contributed by atoms with van der Waals surface area (Å²) in [5.74, 6) is -1.37. The van der Waals surface area contributed by atoms with Crippen LogP contribution in [0.1, 0.15) is 10.4 Å². The van der Waals surface area contributed by atoms with Crippen LogP contribution in [0.5, 0.6) is 5.75 Å². The van der Waals surface area contributed by atoms with Crippen LogP contribution in [0.25, 0.3) is 0 Å². The van der Waals surface area contributed by atoms with E-state index in [0.29, 0.717) is 6.41 Å². The van der Waals surface area contributed by atoms with E-state index >= 15 is 0 Å². The quantitative estimate of drug-likeness (QED) is 0.472. The van der Waals surface area contributed by atoms with E-state index in [1.54, 1.807) is 0 Å². The van der Waals surface area contributed by atoms with Gasteiger partial charge < -0.3 is 15.5 Å². The Bertz CT molecular complexity index is 348. The number of carboxylic acid groups (broad SMARTS) is 1. The van der Waals surface area contributed by atoms with Crippen molar-refractivity contribution in [2.24, 2.45) is 0 Å². The fourth-order valence-corrected chi connectivity index (χ4v) is 0.899. The zero-order valence-corrected chi connectivity index (χ0v) is 6.52. The van der Waals surface area contributed by atoms with Gasteiger partial charge in [-0.15, -0.1) is 0 Å². The van der Waals surface area contributed by atoms with Crippen LogP contribution in [0, 0.1) is 0 Å². The maximum absolute atomic E-state index is 10.6. The summed E-state index contributed by atoms with van der Waals surface area (Å²) in [5.41, 5.74) is 0.00685. The van der Waals surface area contributed by atoms with Crippen molar-refractivity contribution >= 4 is 18.1 Å². The van der Waals surface area contributed by atoms with E-state index in [0.717, 1.165) is 6.07 Å². The van der Waals surface area contributed by atoms with E-state index in [2.05, 4.69) is 5.32 Å². The lowest BCUT2D eigenvalue weighted by Gasteiger charge is -2.03. The minimum atomic E-state index is -1.21. The number of carbonyl (C=O) groups is 2. The zero-order chi connectivity index (χ0) is 9.84. The first-order valence-electron chi connectivity index (χ1n) is 3.41. The molecule has 0 unspecified atom stereocenters. The van der Waals surface area contributed by atoms with Crippen LogP contribution >= 0.6 is 0 Å². The second kappa shape index (κ2) is 3.57. The Morgan fingerprint density at radius 2 is 2.15 bits per heavy atom. The van der Waals surface area contributed by atoms with Crippen LogP contribution < -0.4 is 5.32 Å². The lowest BCUT2D eigenvalue weighted by molar-refractivity contribution is -0.105. The highest BCUT2D eigenvalue weighted by Crippen LogP contribution is 2.20. The summed E-state index contributed by atoms with van der Waals surface area (Å²) in [5, 5.41) is 19.8. The molecule has 0 radical (unpaired) electrons. The summed E-state index contributed by atoms with van der Waals surface area (Å²) >= 11 is 0. The Kier molecular flexibility index (Phi) is 2.49. The number of benzene rings is 1. The van der Waals surface area contributed by atoms with Gasteiger partial charge in [0, 0.05) is 0 Å². The highest BCUT2D eigenvalue weighted by Gasteiger charge is 2.09. The molecule has 0 aliphatic rings. The van der Waals surface area contributed by atoms with Crippen LogP contribution in [0.15, 0.2) is 18.2 Å². The molecule has 1 amide bonds. The first-order valence-corrected chi connectivity index (χ1v) is 3.41. The molecule has 1 rings (SSSR count). The Labute approximate surface area is 73.6 Å². The third-order valence-electron chi connectivity index (χ3n) is 1.45. The number of carbonyl (C=O) groups excluding carboxylic acids is 1. The predicted molar refractivity (Wildman–Crippen MR) is 44.8 cm³/mol. The van der Waals surface area contributed by atoms with Crippen LogP contribution in [0.3, 0.4) is 0 Å². The molecule has 68 valence electrons. The lowest BCUT2D eigenvalue weighted by Crippen LogP contribution is -2.04. The molecule has 0 bridgehead atoms. The van der Waals surface area contributed by atoms with E-state index in [9.17, 15) is 9.59 Å². The Balaban J connectivity index is 3.17. The van der Waals surface area contributed by atoms with Crippen molar-refractivity contribution in [3.05, 3.63) is 23.8 Å². The molecule has 1 aromatic carbocycles. The Morgan fingerprint density at radius 1 is 1.46 bits per heavy atom. The average Bonchev–Trinajstić information content (AvgIpc) is 2.08. The van der Waals surface area contributed by atoms with Gasteiger partial charge in [-0.3, -0.25) is 4.79 Å².